The van der Waals surface area contributed by atoms with E-state index < -0.39 is 0 Å². The molecule has 0 fully saturated rings. The second-order valence-electron chi connectivity index (χ2n) is 5.80. The average molecular weight is 314 g/mol. The Bertz CT molecular complexity index is 701. The minimum Gasteiger partial charge on any atom is -0.348 e. The molecule has 0 aliphatic carbocycles. The Hall–Kier alpha value is -2.77. The molecule has 0 radical (unpaired) electrons. The van der Waals surface area contributed by atoms with Crippen molar-refractivity contribution in [2.45, 2.75) is 38.9 Å². The van der Waals surface area contributed by atoms with Gasteiger partial charge < -0.3 is 10.6 Å². The van der Waals surface area contributed by atoms with Crippen molar-refractivity contribution in [2.75, 3.05) is 0 Å². The molecule has 0 aromatic carbocycles. The molecule has 8 heteroatoms. The number of carbonyl (C=O) groups is 2. The molecular formula is C15H18N6O2. The summed E-state index contributed by atoms with van der Waals surface area (Å²) in [6.07, 6.45) is 5.06. The molecule has 3 rings (SSSR count). The van der Waals surface area contributed by atoms with Gasteiger partial charge in [0.25, 0.3) is 11.8 Å². The van der Waals surface area contributed by atoms with E-state index in [-0.39, 0.29) is 29.6 Å². The lowest BCUT2D eigenvalue weighted by atomic mass is 10.2. The van der Waals surface area contributed by atoms with E-state index in [4.69, 9.17) is 0 Å². The van der Waals surface area contributed by atoms with Gasteiger partial charge in [-0.3, -0.25) is 19.3 Å². The molecule has 120 valence electrons. The van der Waals surface area contributed by atoms with Gasteiger partial charge in [0.05, 0.1) is 18.8 Å². The first-order valence-electron chi connectivity index (χ1n) is 7.47. The standard InChI is InChI=1S/C15H18N6O2/c1-9(2)18-14(22)12-6-11-5-10(8-21(11)20-12)19-15(23)13-7-16-3-4-17-13/h3-4,6-7,9-10H,5,8H2,1-2H3,(H,18,22)(H,19,23)/t10-/m0/s1. The van der Waals surface area contributed by atoms with E-state index in [1.807, 2.05) is 13.8 Å². The summed E-state index contributed by atoms with van der Waals surface area (Å²) in [6, 6.07) is 1.78. The zero-order valence-corrected chi connectivity index (χ0v) is 13.0. The lowest BCUT2D eigenvalue weighted by Crippen LogP contribution is -2.36. The van der Waals surface area contributed by atoms with Crippen LogP contribution in [0, 0.1) is 0 Å². The van der Waals surface area contributed by atoms with Gasteiger partial charge in [0.15, 0.2) is 0 Å². The lowest BCUT2D eigenvalue weighted by molar-refractivity contribution is 0.0921. The maximum absolute atomic E-state index is 12.1. The molecule has 3 heterocycles. The topological polar surface area (TPSA) is 102 Å². The van der Waals surface area contributed by atoms with Crippen LogP contribution >= 0.6 is 0 Å². The summed E-state index contributed by atoms with van der Waals surface area (Å²) in [5, 5.41) is 10.0. The quantitative estimate of drug-likeness (QED) is 0.837. The minimum absolute atomic E-state index is 0.0609. The Balaban J connectivity index is 1.61. The third-order valence-electron chi connectivity index (χ3n) is 3.50. The molecule has 2 amide bonds. The lowest BCUT2D eigenvalue weighted by Gasteiger charge is -2.11. The molecule has 0 bridgehead atoms. The predicted octanol–water partition coefficient (Wildman–Crippen LogP) is 0.166. The smallest absolute Gasteiger partial charge is 0.271 e. The van der Waals surface area contributed by atoms with E-state index >= 15 is 0 Å². The number of aromatic nitrogens is 4. The summed E-state index contributed by atoms with van der Waals surface area (Å²) in [6.45, 7) is 4.34. The van der Waals surface area contributed by atoms with Gasteiger partial charge in [-0.25, -0.2) is 4.98 Å². The van der Waals surface area contributed by atoms with Crippen LogP contribution in [-0.4, -0.2) is 43.6 Å². The van der Waals surface area contributed by atoms with Crippen LogP contribution < -0.4 is 10.6 Å². The molecule has 1 atom stereocenters. The van der Waals surface area contributed by atoms with Crippen molar-refractivity contribution in [1.82, 2.24) is 30.4 Å². The average Bonchev–Trinajstić information content (AvgIpc) is 3.05. The molecule has 0 spiro atoms. The van der Waals surface area contributed by atoms with Gasteiger partial charge in [0.1, 0.15) is 11.4 Å². The highest BCUT2D eigenvalue weighted by Crippen LogP contribution is 2.16. The highest BCUT2D eigenvalue weighted by Gasteiger charge is 2.27. The Morgan fingerprint density at radius 3 is 2.74 bits per heavy atom. The van der Waals surface area contributed by atoms with Crippen LogP contribution in [0.5, 0.6) is 0 Å². The van der Waals surface area contributed by atoms with Crippen LogP contribution in [0.4, 0.5) is 0 Å². The van der Waals surface area contributed by atoms with E-state index in [1.54, 1.807) is 10.7 Å². The number of amides is 2. The highest BCUT2D eigenvalue weighted by atomic mass is 16.2. The van der Waals surface area contributed by atoms with E-state index in [1.165, 1.54) is 18.6 Å². The molecule has 8 nitrogen and oxygen atoms in total. The number of rotatable bonds is 4. The van der Waals surface area contributed by atoms with Gasteiger partial charge in [0.2, 0.25) is 0 Å². The molecule has 1 aliphatic heterocycles. The van der Waals surface area contributed by atoms with Gasteiger partial charge in [-0.15, -0.1) is 0 Å². The first-order valence-corrected chi connectivity index (χ1v) is 7.47. The number of hydrogen-bond donors (Lipinski definition) is 2. The van der Waals surface area contributed by atoms with Crippen LogP contribution in [-0.2, 0) is 13.0 Å². The second kappa shape index (κ2) is 6.15. The Kier molecular flexibility index (Phi) is 4.05. The van der Waals surface area contributed by atoms with E-state index in [0.29, 0.717) is 18.7 Å². The molecule has 0 saturated carbocycles. The van der Waals surface area contributed by atoms with Crippen LogP contribution in [0.3, 0.4) is 0 Å². The van der Waals surface area contributed by atoms with Crippen LogP contribution in [0.1, 0.15) is 40.5 Å². The van der Waals surface area contributed by atoms with Crippen molar-refractivity contribution in [2.24, 2.45) is 0 Å². The maximum Gasteiger partial charge on any atom is 0.271 e. The van der Waals surface area contributed by atoms with Crippen molar-refractivity contribution in [3.63, 3.8) is 0 Å². The summed E-state index contributed by atoms with van der Waals surface area (Å²) in [7, 11) is 0. The van der Waals surface area contributed by atoms with Gasteiger partial charge in [-0.1, -0.05) is 0 Å². The van der Waals surface area contributed by atoms with Crippen LogP contribution in [0.15, 0.2) is 24.7 Å². The zero-order chi connectivity index (χ0) is 16.4. The van der Waals surface area contributed by atoms with Gasteiger partial charge in [-0.05, 0) is 19.9 Å². The van der Waals surface area contributed by atoms with E-state index in [9.17, 15) is 9.59 Å². The van der Waals surface area contributed by atoms with Crippen molar-refractivity contribution in [1.29, 1.82) is 0 Å². The molecule has 2 aromatic heterocycles. The summed E-state index contributed by atoms with van der Waals surface area (Å²) in [4.78, 5) is 31.8. The number of hydrogen-bond acceptors (Lipinski definition) is 5. The van der Waals surface area contributed by atoms with Crippen molar-refractivity contribution < 1.29 is 9.59 Å². The third kappa shape index (κ3) is 3.36. The fourth-order valence-electron chi connectivity index (χ4n) is 2.52. The SMILES string of the molecule is CC(C)NC(=O)c1cc2n(n1)C[C@@H](NC(=O)c1cnccn1)C2. The Morgan fingerprint density at radius 1 is 1.26 bits per heavy atom. The molecule has 23 heavy (non-hydrogen) atoms. The monoisotopic (exact) mass is 314 g/mol. The van der Waals surface area contributed by atoms with Gasteiger partial charge in [0, 0.05) is 30.6 Å². The van der Waals surface area contributed by atoms with Crippen molar-refractivity contribution >= 4 is 11.8 Å². The maximum atomic E-state index is 12.1. The fourth-order valence-corrected chi connectivity index (χ4v) is 2.52. The first-order chi connectivity index (χ1) is 11.0. The number of fused-ring (bicyclic) bond motifs is 1. The number of nitrogens with zero attached hydrogens (tertiary/aromatic N) is 4. The van der Waals surface area contributed by atoms with Crippen LogP contribution in [0.2, 0.25) is 0 Å². The largest absolute Gasteiger partial charge is 0.348 e. The third-order valence-corrected chi connectivity index (χ3v) is 3.50. The Labute approximate surface area is 133 Å². The van der Waals surface area contributed by atoms with Gasteiger partial charge >= 0.3 is 0 Å². The van der Waals surface area contributed by atoms with E-state index in [0.717, 1.165) is 5.69 Å². The number of carbonyl (C=O) groups excluding carboxylic acids is 2. The normalized spacial score (nSPS) is 16.2. The molecule has 2 aromatic rings. The molecule has 2 N–H and O–H groups in total. The summed E-state index contributed by atoms with van der Waals surface area (Å²) in [5.74, 6) is -0.436. The number of nitrogens with one attached hydrogen (secondary N) is 2. The minimum atomic E-state index is -0.258. The summed E-state index contributed by atoms with van der Waals surface area (Å²) in [5.41, 5.74) is 1.63. The van der Waals surface area contributed by atoms with Crippen LogP contribution in [0.25, 0.3) is 0 Å². The summed E-state index contributed by atoms with van der Waals surface area (Å²) < 4.78 is 1.76. The van der Waals surface area contributed by atoms with Crippen molar-refractivity contribution in [3.05, 3.63) is 41.7 Å². The first kappa shape index (κ1) is 15.1. The van der Waals surface area contributed by atoms with Crippen molar-refractivity contribution in [3.8, 4) is 0 Å². The van der Waals surface area contributed by atoms with Gasteiger partial charge in [-0.2, -0.15) is 5.10 Å². The second-order valence-corrected chi connectivity index (χ2v) is 5.80. The Morgan fingerprint density at radius 2 is 2.09 bits per heavy atom. The molecular weight excluding hydrogens is 296 g/mol. The van der Waals surface area contributed by atoms with E-state index in [2.05, 4.69) is 25.7 Å². The highest BCUT2D eigenvalue weighted by molar-refractivity contribution is 5.93. The molecule has 0 saturated heterocycles. The zero-order valence-electron chi connectivity index (χ0n) is 13.0. The molecule has 1 aliphatic rings. The fraction of sp³-hybridized carbons (Fsp3) is 0.400. The summed E-state index contributed by atoms with van der Waals surface area (Å²) >= 11 is 0. The predicted molar refractivity (Wildman–Crippen MR) is 81.8 cm³/mol. The molecule has 0 unspecified atom stereocenters.